The van der Waals surface area contributed by atoms with Gasteiger partial charge in [-0.05, 0) is 37.0 Å². The number of benzene rings is 1. The van der Waals surface area contributed by atoms with Gasteiger partial charge >= 0.3 is 0 Å². The number of carbonyl (C=O) groups excluding carboxylic acids is 2. The van der Waals surface area contributed by atoms with Crippen molar-refractivity contribution in [3.05, 3.63) is 29.8 Å². The van der Waals surface area contributed by atoms with Crippen LogP contribution in [0.5, 0.6) is 5.75 Å². The summed E-state index contributed by atoms with van der Waals surface area (Å²) in [5.74, 6) is 0.895. The van der Waals surface area contributed by atoms with Crippen molar-refractivity contribution in [3.8, 4) is 5.75 Å². The highest BCUT2D eigenvalue weighted by molar-refractivity contribution is 5.86. The van der Waals surface area contributed by atoms with Crippen LogP contribution in [0, 0.1) is 5.41 Å². The maximum Gasteiger partial charge on any atom is 0.230 e. The van der Waals surface area contributed by atoms with Crippen LogP contribution < -0.4 is 4.74 Å². The van der Waals surface area contributed by atoms with Crippen molar-refractivity contribution >= 4 is 11.8 Å². The van der Waals surface area contributed by atoms with Crippen molar-refractivity contribution in [1.82, 2.24) is 9.80 Å². The second-order valence-electron chi connectivity index (χ2n) is 6.99. The largest absolute Gasteiger partial charge is 0.497 e. The Morgan fingerprint density at radius 3 is 2.92 bits per heavy atom. The Labute approximate surface area is 148 Å². The number of methoxy groups -OCH3 is 1. The first-order chi connectivity index (χ1) is 12.1. The summed E-state index contributed by atoms with van der Waals surface area (Å²) in [6.45, 7) is 2.20. The number of carbonyl (C=O) groups is 2. The van der Waals surface area contributed by atoms with E-state index >= 15 is 0 Å². The average molecular weight is 346 g/mol. The Kier molecular flexibility index (Phi) is 5.27. The van der Waals surface area contributed by atoms with Gasteiger partial charge in [-0.2, -0.15) is 0 Å². The van der Waals surface area contributed by atoms with Crippen molar-refractivity contribution in [1.29, 1.82) is 0 Å². The number of amides is 2. The second-order valence-corrected chi connectivity index (χ2v) is 6.99. The smallest absolute Gasteiger partial charge is 0.230 e. The molecule has 2 saturated heterocycles. The van der Waals surface area contributed by atoms with Gasteiger partial charge in [-0.25, -0.2) is 0 Å². The zero-order chi connectivity index (χ0) is 17.9. The van der Waals surface area contributed by atoms with Crippen LogP contribution in [0.25, 0.3) is 0 Å². The highest BCUT2D eigenvalue weighted by Crippen LogP contribution is 2.40. The number of likely N-dealkylation sites (tertiary alicyclic amines) is 2. The van der Waals surface area contributed by atoms with E-state index in [-0.39, 0.29) is 18.4 Å². The monoisotopic (exact) mass is 346 g/mol. The Bertz CT molecular complexity index is 646. The standard InChI is InChI=1S/C19H26N2O4/c1-25-16-5-2-4-15(12-16)13-17(23)21-9-7-19(14-21)6-3-8-20(10-11-22)18(19)24/h2,4-5,12,22H,3,6-11,13-14H2,1H3/t19-/m1/s1. The fourth-order valence-electron chi connectivity index (χ4n) is 4.02. The number of aliphatic hydroxyl groups excluding tert-OH is 1. The topological polar surface area (TPSA) is 70.1 Å². The van der Waals surface area contributed by atoms with Gasteiger partial charge in [-0.15, -0.1) is 0 Å². The summed E-state index contributed by atoms with van der Waals surface area (Å²) in [6, 6.07) is 7.53. The van der Waals surface area contributed by atoms with E-state index in [0.717, 1.165) is 30.6 Å². The predicted octanol–water partition coefficient (Wildman–Crippen LogP) is 1.07. The van der Waals surface area contributed by atoms with Gasteiger partial charge in [0.25, 0.3) is 0 Å². The minimum absolute atomic E-state index is 0.0136. The van der Waals surface area contributed by atoms with Crippen molar-refractivity contribution in [3.63, 3.8) is 0 Å². The molecular weight excluding hydrogens is 320 g/mol. The van der Waals surface area contributed by atoms with Crippen LogP contribution in [0.2, 0.25) is 0 Å². The summed E-state index contributed by atoms with van der Waals surface area (Å²) in [4.78, 5) is 29.1. The normalized spacial score (nSPS) is 23.4. The third-order valence-electron chi connectivity index (χ3n) is 5.39. The minimum Gasteiger partial charge on any atom is -0.497 e. The molecule has 0 saturated carbocycles. The molecule has 2 heterocycles. The number of rotatable bonds is 5. The third kappa shape index (κ3) is 3.63. The maximum absolute atomic E-state index is 12.8. The van der Waals surface area contributed by atoms with Crippen molar-refractivity contribution in [2.24, 2.45) is 5.41 Å². The Morgan fingerprint density at radius 1 is 1.32 bits per heavy atom. The average Bonchev–Trinajstić information content (AvgIpc) is 3.05. The molecule has 2 aliphatic heterocycles. The van der Waals surface area contributed by atoms with Crippen LogP contribution in [0.1, 0.15) is 24.8 Å². The molecule has 6 nitrogen and oxygen atoms in total. The van der Waals surface area contributed by atoms with Gasteiger partial charge in [0, 0.05) is 26.2 Å². The van der Waals surface area contributed by atoms with Crippen LogP contribution >= 0.6 is 0 Å². The van der Waals surface area contributed by atoms with E-state index in [1.807, 2.05) is 29.2 Å². The fourth-order valence-corrected chi connectivity index (χ4v) is 4.02. The molecule has 1 aromatic carbocycles. The van der Waals surface area contributed by atoms with Crippen LogP contribution in [0.3, 0.4) is 0 Å². The summed E-state index contributed by atoms with van der Waals surface area (Å²) >= 11 is 0. The van der Waals surface area contributed by atoms with E-state index in [1.54, 1.807) is 12.0 Å². The molecule has 2 aliphatic rings. The van der Waals surface area contributed by atoms with Crippen molar-refractivity contribution in [2.75, 3.05) is 39.9 Å². The predicted molar refractivity (Wildman–Crippen MR) is 93.2 cm³/mol. The molecule has 3 rings (SSSR count). The molecule has 136 valence electrons. The van der Waals surface area contributed by atoms with Crippen LogP contribution in [-0.4, -0.2) is 66.6 Å². The number of aliphatic hydroxyl groups is 1. The molecule has 1 N–H and O–H groups in total. The number of piperidine rings is 1. The summed E-state index contributed by atoms with van der Waals surface area (Å²) in [7, 11) is 1.61. The molecule has 1 atom stereocenters. The first kappa shape index (κ1) is 17.7. The highest BCUT2D eigenvalue weighted by Gasteiger charge is 2.49. The van der Waals surface area contributed by atoms with E-state index in [2.05, 4.69) is 0 Å². The van der Waals surface area contributed by atoms with E-state index in [0.29, 0.717) is 32.6 Å². The van der Waals surface area contributed by atoms with E-state index in [9.17, 15) is 9.59 Å². The number of ether oxygens (including phenoxy) is 1. The molecule has 25 heavy (non-hydrogen) atoms. The molecular formula is C19H26N2O4. The first-order valence-electron chi connectivity index (χ1n) is 8.89. The van der Waals surface area contributed by atoms with Crippen LogP contribution in [-0.2, 0) is 16.0 Å². The third-order valence-corrected chi connectivity index (χ3v) is 5.39. The molecule has 6 heteroatoms. The lowest BCUT2D eigenvalue weighted by Crippen LogP contribution is -2.51. The van der Waals surface area contributed by atoms with Crippen LogP contribution in [0.15, 0.2) is 24.3 Å². The van der Waals surface area contributed by atoms with Gasteiger partial charge < -0.3 is 19.6 Å². The lowest BCUT2D eigenvalue weighted by Gasteiger charge is -2.39. The molecule has 0 aromatic heterocycles. The number of β-amino-alcohol motifs (C(OH)–C–C–N with tert-alkyl or cyclic N) is 1. The minimum atomic E-state index is -0.447. The molecule has 0 bridgehead atoms. The Balaban J connectivity index is 1.65. The Hall–Kier alpha value is -2.08. The summed E-state index contributed by atoms with van der Waals surface area (Å²) in [6.07, 6.45) is 2.81. The van der Waals surface area contributed by atoms with Gasteiger partial charge in [-0.1, -0.05) is 12.1 Å². The van der Waals surface area contributed by atoms with Gasteiger partial charge in [0.05, 0.1) is 25.6 Å². The van der Waals surface area contributed by atoms with Crippen LogP contribution in [0.4, 0.5) is 0 Å². The summed E-state index contributed by atoms with van der Waals surface area (Å²) in [5, 5.41) is 9.15. The Morgan fingerprint density at radius 2 is 2.16 bits per heavy atom. The number of nitrogens with zero attached hydrogens (tertiary/aromatic N) is 2. The number of hydrogen-bond donors (Lipinski definition) is 1. The van der Waals surface area contributed by atoms with Crippen molar-refractivity contribution in [2.45, 2.75) is 25.7 Å². The second kappa shape index (κ2) is 7.44. The fraction of sp³-hybridized carbons (Fsp3) is 0.579. The highest BCUT2D eigenvalue weighted by atomic mass is 16.5. The van der Waals surface area contributed by atoms with E-state index in [4.69, 9.17) is 9.84 Å². The molecule has 2 amide bonds. The molecule has 0 unspecified atom stereocenters. The SMILES string of the molecule is COc1cccc(CC(=O)N2CC[C@]3(CCCN(CCO)C3=O)C2)c1. The van der Waals surface area contributed by atoms with E-state index in [1.165, 1.54) is 0 Å². The lowest BCUT2D eigenvalue weighted by atomic mass is 9.78. The van der Waals surface area contributed by atoms with E-state index < -0.39 is 5.41 Å². The van der Waals surface area contributed by atoms with Gasteiger partial charge in [0.1, 0.15) is 5.75 Å². The van der Waals surface area contributed by atoms with Gasteiger partial charge in [0.15, 0.2) is 0 Å². The maximum atomic E-state index is 12.8. The van der Waals surface area contributed by atoms with Gasteiger partial charge in [0.2, 0.25) is 11.8 Å². The molecule has 0 aliphatic carbocycles. The number of hydrogen-bond acceptors (Lipinski definition) is 4. The van der Waals surface area contributed by atoms with Gasteiger partial charge in [-0.3, -0.25) is 9.59 Å². The summed E-state index contributed by atoms with van der Waals surface area (Å²) in [5.41, 5.74) is 0.472. The molecule has 1 spiro atoms. The molecule has 2 fully saturated rings. The zero-order valence-corrected chi connectivity index (χ0v) is 14.7. The molecule has 1 aromatic rings. The summed E-state index contributed by atoms with van der Waals surface area (Å²) < 4.78 is 5.21. The zero-order valence-electron chi connectivity index (χ0n) is 14.7. The van der Waals surface area contributed by atoms with Crippen molar-refractivity contribution < 1.29 is 19.4 Å². The lowest BCUT2D eigenvalue weighted by molar-refractivity contribution is -0.146. The first-order valence-corrected chi connectivity index (χ1v) is 8.89. The molecule has 0 radical (unpaired) electrons. The quantitative estimate of drug-likeness (QED) is 0.866.